The van der Waals surface area contributed by atoms with Crippen molar-refractivity contribution >= 4 is 35.3 Å². The number of carbonyl (C=O) groups is 4. The molecule has 0 radical (unpaired) electrons. The molecule has 0 aromatic heterocycles. The number of likely N-dealkylation sites (N-methyl/N-ethyl adjacent to an activating group) is 1. The van der Waals surface area contributed by atoms with Gasteiger partial charge in [-0.25, -0.2) is 4.79 Å². The first kappa shape index (κ1) is 25.7. The van der Waals surface area contributed by atoms with Crippen molar-refractivity contribution in [1.29, 1.82) is 0 Å². The zero-order valence-electron chi connectivity index (χ0n) is 20.1. The molecule has 3 rings (SSSR count). The van der Waals surface area contributed by atoms with E-state index in [1.807, 2.05) is 20.8 Å². The van der Waals surface area contributed by atoms with Gasteiger partial charge in [0.2, 0.25) is 11.8 Å². The van der Waals surface area contributed by atoms with Gasteiger partial charge in [0.25, 0.3) is 0 Å². The second kappa shape index (κ2) is 10.6. The van der Waals surface area contributed by atoms with Crippen LogP contribution in [0.4, 0.5) is 0 Å². The lowest BCUT2D eigenvalue weighted by Crippen LogP contribution is -2.62. The Labute approximate surface area is 199 Å². The van der Waals surface area contributed by atoms with E-state index in [1.165, 1.54) is 16.7 Å². The zero-order valence-corrected chi connectivity index (χ0v) is 20.9. The van der Waals surface area contributed by atoms with Gasteiger partial charge in [0.15, 0.2) is 0 Å². The minimum absolute atomic E-state index is 0.0102. The SMILES string of the molecule is CCCNCC(=O)C[C@H](C)[C@H]1C(=O)N2C(C(=O)O)=C(S[C@@H]3CN[C@H](C(=O)N(C)C)C3)[C@H](C)[C@H]12. The second-order valence-electron chi connectivity index (χ2n) is 9.60. The van der Waals surface area contributed by atoms with E-state index in [9.17, 15) is 24.3 Å². The van der Waals surface area contributed by atoms with Gasteiger partial charge < -0.3 is 25.5 Å². The van der Waals surface area contributed by atoms with Crippen LogP contribution in [0.3, 0.4) is 0 Å². The van der Waals surface area contributed by atoms with Gasteiger partial charge in [-0.05, 0) is 25.3 Å². The lowest BCUT2D eigenvalue weighted by molar-refractivity contribution is -0.160. The van der Waals surface area contributed by atoms with Gasteiger partial charge in [-0.15, -0.1) is 11.8 Å². The summed E-state index contributed by atoms with van der Waals surface area (Å²) >= 11 is 1.48. The van der Waals surface area contributed by atoms with Crippen molar-refractivity contribution in [2.75, 3.05) is 33.7 Å². The number of fused-ring (bicyclic) bond motifs is 1. The molecule has 0 spiro atoms. The van der Waals surface area contributed by atoms with Crippen molar-refractivity contribution in [3.63, 3.8) is 0 Å². The molecular formula is C23H36N4O5S. The minimum atomic E-state index is -1.10. The van der Waals surface area contributed by atoms with E-state index < -0.39 is 5.97 Å². The monoisotopic (exact) mass is 480 g/mol. The molecule has 0 aromatic carbocycles. The third kappa shape index (κ3) is 5.12. The van der Waals surface area contributed by atoms with Gasteiger partial charge in [0.05, 0.1) is 24.5 Å². The van der Waals surface area contributed by atoms with Crippen LogP contribution >= 0.6 is 11.8 Å². The van der Waals surface area contributed by atoms with Gasteiger partial charge in [-0.3, -0.25) is 14.4 Å². The van der Waals surface area contributed by atoms with E-state index in [2.05, 4.69) is 10.6 Å². The molecule has 3 heterocycles. The van der Waals surface area contributed by atoms with Crippen molar-refractivity contribution in [3.8, 4) is 0 Å². The standard InChI is InChI=1S/C23H36N4O5S/c1-6-7-24-10-14(28)8-12(2)17-18-13(3)20(19(23(31)32)27(18)22(17)30)33-15-9-16(25-11-15)21(29)26(4)5/h12-13,15-18,24-25H,6-11H2,1-5H3,(H,31,32)/t12-,13+,15-,16-,17+,18+/m0/s1. The van der Waals surface area contributed by atoms with Crippen LogP contribution in [0.2, 0.25) is 0 Å². The highest BCUT2D eigenvalue weighted by atomic mass is 32.2. The van der Waals surface area contributed by atoms with Crippen molar-refractivity contribution in [3.05, 3.63) is 10.6 Å². The first-order chi connectivity index (χ1) is 15.6. The van der Waals surface area contributed by atoms with Gasteiger partial charge in [0, 0.05) is 43.1 Å². The molecule has 9 nitrogen and oxygen atoms in total. The Morgan fingerprint density at radius 3 is 2.64 bits per heavy atom. The third-order valence-corrected chi connectivity index (χ3v) is 8.34. The summed E-state index contributed by atoms with van der Waals surface area (Å²) in [6, 6.07) is -0.507. The van der Waals surface area contributed by atoms with Crippen molar-refractivity contribution in [2.24, 2.45) is 17.8 Å². The average Bonchev–Trinajstić information content (AvgIpc) is 3.29. The second-order valence-corrected chi connectivity index (χ2v) is 10.9. The van der Waals surface area contributed by atoms with Crippen LogP contribution in [-0.2, 0) is 19.2 Å². The summed E-state index contributed by atoms with van der Waals surface area (Å²) in [5.74, 6) is -1.84. The summed E-state index contributed by atoms with van der Waals surface area (Å²) in [6.07, 6.45) is 1.86. The molecule has 10 heteroatoms. The summed E-state index contributed by atoms with van der Waals surface area (Å²) in [7, 11) is 3.44. The molecular weight excluding hydrogens is 444 g/mol. The fourth-order valence-corrected chi connectivity index (χ4v) is 6.68. The molecule has 2 saturated heterocycles. The van der Waals surface area contributed by atoms with Crippen LogP contribution in [-0.4, -0.2) is 89.5 Å². The lowest BCUT2D eigenvalue weighted by Gasteiger charge is -2.47. The molecule has 2 fully saturated rings. The van der Waals surface area contributed by atoms with E-state index >= 15 is 0 Å². The van der Waals surface area contributed by atoms with Crippen LogP contribution in [0, 0.1) is 17.8 Å². The Morgan fingerprint density at radius 2 is 2.03 bits per heavy atom. The maximum absolute atomic E-state index is 13.0. The number of nitrogens with one attached hydrogen (secondary N) is 2. The smallest absolute Gasteiger partial charge is 0.353 e. The number of Topliss-reactive ketones (excluding diaryl/α,β-unsaturated/α-hetero) is 1. The molecule has 3 aliphatic rings. The van der Waals surface area contributed by atoms with Crippen LogP contribution in [0.1, 0.15) is 40.0 Å². The van der Waals surface area contributed by atoms with Crippen LogP contribution < -0.4 is 10.6 Å². The molecule has 184 valence electrons. The number of rotatable bonds is 11. The summed E-state index contributed by atoms with van der Waals surface area (Å²) < 4.78 is 0. The number of carbonyl (C=O) groups excluding carboxylic acids is 3. The molecule has 0 saturated carbocycles. The average molecular weight is 481 g/mol. The van der Waals surface area contributed by atoms with E-state index in [4.69, 9.17) is 0 Å². The molecule has 6 atom stereocenters. The summed E-state index contributed by atoms with van der Waals surface area (Å²) in [4.78, 5) is 53.4. The zero-order chi connectivity index (χ0) is 24.4. The largest absolute Gasteiger partial charge is 0.477 e. The quantitative estimate of drug-likeness (QED) is 0.295. The van der Waals surface area contributed by atoms with Crippen molar-refractivity contribution in [2.45, 2.75) is 57.4 Å². The number of hydrogen-bond acceptors (Lipinski definition) is 7. The highest BCUT2D eigenvalue weighted by molar-refractivity contribution is 8.03. The fourth-order valence-electron chi connectivity index (χ4n) is 5.20. The van der Waals surface area contributed by atoms with Gasteiger partial charge >= 0.3 is 5.97 Å². The number of ketones is 1. The molecule has 0 aliphatic carbocycles. The summed E-state index contributed by atoms with van der Waals surface area (Å²) in [5, 5.41) is 16.3. The number of β-lactam (4-membered cyclic amide) rings is 1. The lowest BCUT2D eigenvalue weighted by atomic mass is 9.73. The molecule has 0 bridgehead atoms. The highest BCUT2D eigenvalue weighted by Gasteiger charge is 2.60. The van der Waals surface area contributed by atoms with Crippen molar-refractivity contribution < 1.29 is 24.3 Å². The van der Waals surface area contributed by atoms with Crippen LogP contribution in [0.25, 0.3) is 0 Å². The van der Waals surface area contributed by atoms with E-state index in [-0.39, 0.29) is 58.4 Å². The van der Waals surface area contributed by atoms with Crippen LogP contribution in [0.15, 0.2) is 10.6 Å². The van der Waals surface area contributed by atoms with Crippen LogP contribution in [0.5, 0.6) is 0 Å². The van der Waals surface area contributed by atoms with Gasteiger partial charge in [-0.2, -0.15) is 0 Å². The number of aliphatic carboxylic acids is 1. The first-order valence-corrected chi connectivity index (χ1v) is 12.6. The molecule has 33 heavy (non-hydrogen) atoms. The Hall–Kier alpha value is -1.91. The minimum Gasteiger partial charge on any atom is -0.477 e. The number of carboxylic acid groups (broad SMARTS) is 1. The first-order valence-electron chi connectivity index (χ1n) is 11.7. The topological polar surface area (TPSA) is 119 Å². The Morgan fingerprint density at radius 1 is 1.33 bits per heavy atom. The van der Waals surface area contributed by atoms with Gasteiger partial charge in [-0.1, -0.05) is 20.8 Å². The Bertz CT molecular complexity index is 845. The predicted octanol–water partition coefficient (Wildman–Crippen LogP) is 0.906. The maximum atomic E-state index is 13.0. The number of nitrogens with zero attached hydrogens (tertiary/aromatic N) is 2. The molecule has 3 N–H and O–H groups in total. The number of hydrogen-bond donors (Lipinski definition) is 3. The van der Waals surface area contributed by atoms with E-state index in [1.54, 1.807) is 19.0 Å². The molecule has 2 amide bonds. The Kier molecular flexibility index (Phi) is 8.23. The van der Waals surface area contributed by atoms with Crippen molar-refractivity contribution in [1.82, 2.24) is 20.4 Å². The predicted molar refractivity (Wildman–Crippen MR) is 126 cm³/mol. The summed E-state index contributed by atoms with van der Waals surface area (Å²) in [5.41, 5.74) is 0.0734. The number of carboxylic acids is 1. The maximum Gasteiger partial charge on any atom is 0.353 e. The molecule has 0 unspecified atom stereocenters. The fraction of sp³-hybridized carbons (Fsp3) is 0.739. The van der Waals surface area contributed by atoms with E-state index in [0.29, 0.717) is 30.8 Å². The molecule has 3 aliphatic heterocycles. The van der Waals surface area contributed by atoms with E-state index in [0.717, 1.165) is 13.0 Å². The number of thioether (sulfide) groups is 1. The highest BCUT2D eigenvalue weighted by Crippen LogP contribution is 2.53. The normalized spacial score (nSPS) is 29.7. The Balaban J connectivity index is 1.68. The molecule has 0 aromatic rings. The third-order valence-electron chi connectivity index (χ3n) is 6.83. The summed E-state index contributed by atoms with van der Waals surface area (Å²) in [6.45, 7) is 7.60. The number of amides is 2. The van der Waals surface area contributed by atoms with Gasteiger partial charge in [0.1, 0.15) is 11.5 Å².